The van der Waals surface area contributed by atoms with Gasteiger partial charge in [0.25, 0.3) is 0 Å². The van der Waals surface area contributed by atoms with E-state index in [0.29, 0.717) is 6.04 Å². The van der Waals surface area contributed by atoms with Crippen LogP contribution in [0.25, 0.3) is 0 Å². The highest BCUT2D eigenvalue weighted by atomic mass is 16.4. The predicted octanol–water partition coefficient (Wildman–Crippen LogP) is 3.11. The maximum Gasteiger partial charge on any atom is 0.197 e. The van der Waals surface area contributed by atoms with Crippen LogP contribution in [0.5, 0.6) is 0 Å². The molecule has 0 bridgehead atoms. The van der Waals surface area contributed by atoms with E-state index in [2.05, 4.69) is 36.9 Å². The molecule has 0 saturated heterocycles. The van der Waals surface area contributed by atoms with Crippen LogP contribution in [0, 0.1) is 6.92 Å². The van der Waals surface area contributed by atoms with Gasteiger partial charge >= 0.3 is 0 Å². The average molecular weight is 233 g/mol. The highest BCUT2D eigenvalue weighted by Gasteiger charge is 2.14. The van der Waals surface area contributed by atoms with Crippen molar-refractivity contribution in [1.29, 1.82) is 0 Å². The zero-order chi connectivity index (χ0) is 12.4. The Balaban J connectivity index is 2.05. The second-order valence-corrected chi connectivity index (χ2v) is 4.80. The van der Waals surface area contributed by atoms with Gasteiger partial charge in [0, 0.05) is 24.6 Å². The van der Waals surface area contributed by atoms with E-state index < -0.39 is 0 Å². The van der Waals surface area contributed by atoms with Gasteiger partial charge in [-0.15, -0.1) is 0 Å². The van der Waals surface area contributed by atoms with Gasteiger partial charge in [-0.05, 0) is 26.8 Å². The smallest absolute Gasteiger partial charge is 0.197 e. The lowest BCUT2D eigenvalue weighted by atomic mass is 10.1. The highest BCUT2D eigenvalue weighted by molar-refractivity contribution is 5.06. The molecule has 0 aliphatic carbocycles. The summed E-state index contributed by atoms with van der Waals surface area (Å²) >= 11 is 0. The van der Waals surface area contributed by atoms with Crippen LogP contribution in [0.15, 0.2) is 22.9 Å². The Labute approximate surface area is 102 Å². The fraction of sp³-hybridized carbons (Fsp3) is 0.538. The minimum atomic E-state index is 0.263. The Morgan fingerprint density at radius 1 is 1.35 bits per heavy atom. The molecule has 0 amide bonds. The number of rotatable bonds is 4. The minimum Gasteiger partial charge on any atom is -0.446 e. The fourth-order valence-electron chi connectivity index (χ4n) is 1.77. The molecule has 0 fully saturated rings. The molecular weight excluding hydrogens is 214 g/mol. The molecule has 2 aromatic heterocycles. The molecule has 0 radical (unpaired) electrons. The van der Waals surface area contributed by atoms with Gasteiger partial charge in [-0.1, -0.05) is 6.92 Å². The van der Waals surface area contributed by atoms with E-state index in [1.807, 2.05) is 17.8 Å². The molecule has 0 aliphatic rings. The molecule has 4 nitrogen and oxygen atoms in total. The van der Waals surface area contributed by atoms with Crippen LogP contribution < -0.4 is 0 Å². The maximum absolute atomic E-state index is 5.53. The Hall–Kier alpha value is -1.58. The number of hydrogen-bond acceptors (Lipinski definition) is 3. The molecule has 0 aromatic carbocycles. The van der Waals surface area contributed by atoms with Gasteiger partial charge in [-0.3, -0.25) is 4.68 Å². The van der Waals surface area contributed by atoms with E-state index in [0.717, 1.165) is 23.8 Å². The number of aromatic nitrogens is 3. The van der Waals surface area contributed by atoms with Gasteiger partial charge in [0.1, 0.15) is 5.76 Å². The highest BCUT2D eigenvalue weighted by Crippen LogP contribution is 2.19. The van der Waals surface area contributed by atoms with Crippen molar-refractivity contribution in [3.05, 3.63) is 35.8 Å². The molecule has 2 aromatic rings. The Kier molecular flexibility index (Phi) is 3.31. The standard InChI is InChI=1S/C13H19N3O/c1-9(2)16-6-5-12(15-16)7-10(3)13-14-8-11(4)17-13/h5-6,8-10H,7H2,1-4H3. The molecule has 0 aliphatic heterocycles. The zero-order valence-electron chi connectivity index (χ0n) is 10.8. The van der Waals surface area contributed by atoms with Crippen molar-refractivity contribution in [3.8, 4) is 0 Å². The SMILES string of the molecule is Cc1cnc(C(C)Cc2ccn(C(C)C)n2)o1. The summed E-state index contributed by atoms with van der Waals surface area (Å²) < 4.78 is 7.50. The van der Waals surface area contributed by atoms with Crippen molar-refractivity contribution in [3.63, 3.8) is 0 Å². The number of aryl methyl sites for hydroxylation is 1. The summed E-state index contributed by atoms with van der Waals surface area (Å²) in [5.74, 6) is 1.92. The topological polar surface area (TPSA) is 43.9 Å². The third-order valence-corrected chi connectivity index (χ3v) is 2.77. The monoisotopic (exact) mass is 233 g/mol. The van der Waals surface area contributed by atoms with Crippen molar-refractivity contribution in [2.24, 2.45) is 0 Å². The van der Waals surface area contributed by atoms with Crippen LogP contribution in [-0.2, 0) is 6.42 Å². The third-order valence-electron chi connectivity index (χ3n) is 2.77. The maximum atomic E-state index is 5.53. The van der Waals surface area contributed by atoms with E-state index in [1.54, 1.807) is 6.20 Å². The first-order valence-electron chi connectivity index (χ1n) is 6.02. The lowest BCUT2D eigenvalue weighted by molar-refractivity contribution is 0.435. The lowest BCUT2D eigenvalue weighted by Gasteiger charge is -2.06. The first kappa shape index (κ1) is 11.9. The lowest BCUT2D eigenvalue weighted by Crippen LogP contribution is -2.04. The molecule has 0 saturated carbocycles. The largest absolute Gasteiger partial charge is 0.446 e. The molecule has 4 heteroatoms. The second-order valence-electron chi connectivity index (χ2n) is 4.80. The van der Waals surface area contributed by atoms with Crippen molar-refractivity contribution in [2.75, 3.05) is 0 Å². The van der Waals surface area contributed by atoms with Crippen LogP contribution in [0.2, 0.25) is 0 Å². The van der Waals surface area contributed by atoms with E-state index in [-0.39, 0.29) is 5.92 Å². The summed E-state index contributed by atoms with van der Waals surface area (Å²) in [5, 5.41) is 4.53. The molecule has 1 atom stereocenters. The van der Waals surface area contributed by atoms with Gasteiger partial charge in [0.2, 0.25) is 0 Å². The molecule has 0 spiro atoms. The molecule has 2 rings (SSSR count). The van der Waals surface area contributed by atoms with Crippen molar-refractivity contribution in [2.45, 2.75) is 46.1 Å². The van der Waals surface area contributed by atoms with Gasteiger partial charge in [-0.2, -0.15) is 5.10 Å². The van der Waals surface area contributed by atoms with Crippen LogP contribution in [0.4, 0.5) is 0 Å². The Morgan fingerprint density at radius 3 is 2.65 bits per heavy atom. The summed E-state index contributed by atoms with van der Waals surface area (Å²) in [6.07, 6.45) is 4.64. The fourth-order valence-corrected chi connectivity index (χ4v) is 1.77. The molecule has 92 valence electrons. The second kappa shape index (κ2) is 4.73. The molecule has 2 heterocycles. The first-order valence-corrected chi connectivity index (χ1v) is 6.02. The van der Waals surface area contributed by atoms with E-state index >= 15 is 0 Å². The summed E-state index contributed by atoms with van der Waals surface area (Å²) in [6, 6.07) is 2.47. The molecule has 17 heavy (non-hydrogen) atoms. The summed E-state index contributed by atoms with van der Waals surface area (Å²) in [7, 11) is 0. The van der Waals surface area contributed by atoms with Crippen LogP contribution in [-0.4, -0.2) is 14.8 Å². The average Bonchev–Trinajstić information content (AvgIpc) is 2.86. The quantitative estimate of drug-likeness (QED) is 0.815. The Bertz CT molecular complexity index is 484. The first-order chi connectivity index (χ1) is 8.06. The van der Waals surface area contributed by atoms with Gasteiger partial charge in [0.15, 0.2) is 5.89 Å². The number of oxazole rings is 1. The molecule has 1 unspecified atom stereocenters. The van der Waals surface area contributed by atoms with Gasteiger partial charge < -0.3 is 4.42 Å². The van der Waals surface area contributed by atoms with Crippen LogP contribution in [0.3, 0.4) is 0 Å². The molecule has 0 N–H and O–H groups in total. The minimum absolute atomic E-state index is 0.263. The third kappa shape index (κ3) is 2.75. The van der Waals surface area contributed by atoms with E-state index in [9.17, 15) is 0 Å². The summed E-state index contributed by atoms with van der Waals surface area (Å²) in [5.41, 5.74) is 1.09. The normalized spacial score (nSPS) is 13.2. The number of hydrogen-bond donors (Lipinski definition) is 0. The van der Waals surface area contributed by atoms with Crippen LogP contribution in [0.1, 0.15) is 50.1 Å². The van der Waals surface area contributed by atoms with E-state index in [4.69, 9.17) is 4.42 Å². The predicted molar refractivity (Wildman–Crippen MR) is 66.0 cm³/mol. The molecular formula is C13H19N3O. The van der Waals surface area contributed by atoms with Crippen molar-refractivity contribution in [1.82, 2.24) is 14.8 Å². The van der Waals surface area contributed by atoms with Crippen molar-refractivity contribution >= 4 is 0 Å². The van der Waals surface area contributed by atoms with Crippen molar-refractivity contribution < 1.29 is 4.42 Å². The van der Waals surface area contributed by atoms with Gasteiger partial charge in [0.05, 0.1) is 11.9 Å². The Morgan fingerprint density at radius 2 is 2.12 bits per heavy atom. The summed E-state index contributed by atoms with van der Waals surface area (Å²) in [6.45, 7) is 8.27. The van der Waals surface area contributed by atoms with Gasteiger partial charge in [-0.25, -0.2) is 4.98 Å². The number of nitrogens with zero attached hydrogens (tertiary/aromatic N) is 3. The summed E-state index contributed by atoms with van der Waals surface area (Å²) in [4.78, 5) is 4.25. The van der Waals surface area contributed by atoms with E-state index in [1.165, 1.54) is 0 Å². The van der Waals surface area contributed by atoms with Crippen LogP contribution >= 0.6 is 0 Å². The zero-order valence-corrected chi connectivity index (χ0v) is 10.8.